The van der Waals surface area contributed by atoms with E-state index in [4.69, 9.17) is 10.5 Å². The smallest absolute Gasteiger partial charge is 0.322 e. The number of ether oxygens (including phenoxy) is 1. The molecule has 4 aromatic rings. The lowest BCUT2D eigenvalue weighted by atomic mass is 10.1. The first kappa shape index (κ1) is 18.3. The predicted molar refractivity (Wildman–Crippen MR) is 104 cm³/mol. The molecule has 0 spiro atoms. The molecule has 4 rings (SSSR count). The lowest BCUT2D eigenvalue weighted by Gasteiger charge is -2.10. The number of nitrogens with two attached hydrogens (primary N) is 1. The van der Waals surface area contributed by atoms with Gasteiger partial charge in [0.05, 0.1) is 23.4 Å². The zero-order valence-corrected chi connectivity index (χ0v) is 15.2. The van der Waals surface area contributed by atoms with Crippen molar-refractivity contribution in [3.05, 3.63) is 79.0 Å². The fraction of sp³-hybridized carbons (Fsp3) is 0.0476. The van der Waals surface area contributed by atoms with Crippen LogP contribution in [0.4, 0.5) is 4.39 Å². The average Bonchev–Trinajstić information content (AvgIpc) is 3.12. The van der Waals surface area contributed by atoms with Gasteiger partial charge in [-0.05, 0) is 42.5 Å². The van der Waals surface area contributed by atoms with Gasteiger partial charge in [-0.15, -0.1) is 0 Å². The lowest BCUT2D eigenvalue weighted by Crippen LogP contribution is -2.18. The molecular formula is C21H16FN5O2. The summed E-state index contributed by atoms with van der Waals surface area (Å²) in [5.41, 5.74) is 7.63. The lowest BCUT2D eigenvalue weighted by molar-refractivity contribution is -0.118. The maximum absolute atomic E-state index is 13.3. The Hall–Kier alpha value is -4.07. The minimum atomic E-state index is -0.524. The van der Waals surface area contributed by atoms with Crippen molar-refractivity contribution in [2.45, 2.75) is 6.54 Å². The van der Waals surface area contributed by atoms with Crippen molar-refractivity contribution in [1.29, 1.82) is 0 Å². The van der Waals surface area contributed by atoms with Gasteiger partial charge >= 0.3 is 6.01 Å². The Labute approximate surface area is 165 Å². The van der Waals surface area contributed by atoms with Crippen molar-refractivity contribution in [2.24, 2.45) is 5.73 Å². The first-order valence-electron chi connectivity index (χ1n) is 8.76. The third kappa shape index (κ3) is 4.11. The van der Waals surface area contributed by atoms with E-state index in [1.165, 1.54) is 18.5 Å². The Bertz CT molecular complexity index is 1140. The summed E-state index contributed by atoms with van der Waals surface area (Å²) in [6, 6.07) is 16.9. The van der Waals surface area contributed by atoms with E-state index in [9.17, 15) is 9.18 Å². The number of rotatable bonds is 6. The van der Waals surface area contributed by atoms with Crippen molar-refractivity contribution in [1.82, 2.24) is 19.5 Å². The largest absolute Gasteiger partial charge is 0.424 e. The SMILES string of the molecule is NC(=O)Cn1cnc(-c2ccc(F)cc2)c1-c1ccnc(Oc2ccccc2)n1. The van der Waals surface area contributed by atoms with Crippen LogP contribution in [0.25, 0.3) is 22.6 Å². The van der Waals surface area contributed by atoms with Crippen LogP contribution in [-0.2, 0) is 11.3 Å². The summed E-state index contributed by atoms with van der Waals surface area (Å²) in [5.74, 6) is -0.286. The van der Waals surface area contributed by atoms with Gasteiger partial charge in [0.15, 0.2) is 0 Å². The molecule has 0 atom stereocenters. The van der Waals surface area contributed by atoms with Gasteiger partial charge in [0.1, 0.15) is 18.1 Å². The number of halogens is 1. The van der Waals surface area contributed by atoms with Crippen LogP contribution < -0.4 is 10.5 Å². The van der Waals surface area contributed by atoms with Gasteiger partial charge in [-0.3, -0.25) is 4.79 Å². The van der Waals surface area contributed by atoms with Crippen LogP contribution in [0.5, 0.6) is 11.8 Å². The molecule has 0 fully saturated rings. The molecule has 2 N–H and O–H groups in total. The van der Waals surface area contributed by atoms with Gasteiger partial charge in [0.25, 0.3) is 0 Å². The molecule has 144 valence electrons. The summed E-state index contributed by atoms with van der Waals surface area (Å²) >= 11 is 0. The maximum atomic E-state index is 13.3. The highest BCUT2D eigenvalue weighted by molar-refractivity contribution is 5.79. The van der Waals surface area contributed by atoms with E-state index in [0.717, 1.165) is 0 Å². The highest BCUT2D eigenvalue weighted by Crippen LogP contribution is 2.31. The minimum Gasteiger partial charge on any atom is -0.424 e. The number of hydrogen-bond donors (Lipinski definition) is 1. The molecule has 1 amide bonds. The summed E-state index contributed by atoms with van der Waals surface area (Å²) in [6.07, 6.45) is 3.05. The molecule has 0 bridgehead atoms. The van der Waals surface area contributed by atoms with E-state index in [0.29, 0.717) is 28.4 Å². The van der Waals surface area contributed by atoms with E-state index in [1.54, 1.807) is 41.1 Å². The number of imidazole rings is 1. The van der Waals surface area contributed by atoms with Gasteiger partial charge in [-0.1, -0.05) is 18.2 Å². The highest BCUT2D eigenvalue weighted by Gasteiger charge is 2.18. The summed E-state index contributed by atoms with van der Waals surface area (Å²) in [4.78, 5) is 24.5. The van der Waals surface area contributed by atoms with Crippen LogP contribution >= 0.6 is 0 Å². The average molecular weight is 389 g/mol. The number of aromatic nitrogens is 4. The first-order chi connectivity index (χ1) is 14.1. The van der Waals surface area contributed by atoms with E-state index < -0.39 is 5.91 Å². The van der Waals surface area contributed by atoms with E-state index in [-0.39, 0.29) is 18.4 Å². The van der Waals surface area contributed by atoms with Crippen molar-refractivity contribution >= 4 is 5.91 Å². The van der Waals surface area contributed by atoms with Gasteiger partial charge < -0.3 is 15.0 Å². The summed E-state index contributed by atoms with van der Waals surface area (Å²) in [6.45, 7) is -0.0809. The van der Waals surface area contributed by atoms with E-state index in [1.807, 2.05) is 18.2 Å². The molecule has 0 aliphatic heterocycles. The molecule has 2 aromatic heterocycles. The molecule has 2 heterocycles. The molecule has 0 unspecified atom stereocenters. The Balaban J connectivity index is 1.78. The zero-order chi connectivity index (χ0) is 20.2. The standard InChI is InChI=1S/C21H16FN5O2/c22-15-8-6-14(7-9-15)19-20(27(13-25-19)12-18(23)28)17-10-11-24-21(26-17)29-16-4-2-1-3-5-16/h1-11,13H,12H2,(H2,23,28). The minimum absolute atomic E-state index is 0.0809. The Morgan fingerprint density at radius 1 is 1.03 bits per heavy atom. The number of amides is 1. The summed E-state index contributed by atoms with van der Waals surface area (Å²) in [7, 11) is 0. The monoisotopic (exact) mass is 389 g/mol. The van der Waals surface area contributed by atoms with Gasteiger partial charge in [0.2, 0.25) is 5.91 Å². The first-order valence-corrected chi connectivity index (χ1v) is 8.76. The normalized spacial score (nSPS) is 10.7. The molecule has 0 saturated carbocycles. The van der Waals surface area contributed by atoms with Crippen LogP contribution in [0.15, 0.2) is 73.2 Å². The molecule has 8 heteroatoms. The zero-order valence-electron chi connectivity index (χ0n) is 15.2. The number of benzene rings is 2. The second-order valence-corrected chi connectivity index (χ2v) is 6.18. The molecule has 7 nitrogen and oxygen atoms in total. The molecule has 0 radical (unpaired) electrons. The molecule has 0 aliphatic carbocycles. The van der Waals surface area contributed by atoms with Crippen molar-refractivity contribution in [3.63, 3.8) is 0 Å². The van der Waals surface area contributed by atoms with Gasteiger partial charge in [0, 0.05) is 11.8 Å². The van der Waals surface area contributed by atoms with E-state index >= 15 is 0 Å². The molecule has 2 aromatic carbocycles. The fourth-order valence-corrected chi connectivity index (χ4v) is 2.87. The third-order valence-corrected chi connectivity index (χ3v) is 4.11. The van der Waals surface area contributed by atoms with Crippen LogP contribution in [0, 0.1) is 5.82 Å². The van der Waals surface area contributed by atoms with Gasteiger partial charge in [-0.2, -0.15) is 4.98 Å². The van der Waals surface area contributed by atoms with Crippen LogP contribution in [-0.4, -0.2) is 25.4 Å². The molecular weight excluding hydrogens is 373 g/mol. The molecule has 29 heavy (non-hydrogen) atoms. The summed E-state index contributed by atoms with van der Waals surface area (Å²) in [5, 5.41) is 0. The summed E-state index contributed by atoms with van der Waals surface area (Å²) < 4.78 is 20.6. The second-order valence-electron chi connectivity index (χ2n) is 6.18. The third-order valence-electron chi connectivity index (χ3n) is 4.11. The number of carbonyl (C=O) groups is 1. The van der Waals surface area contributed by atoms with E-state index in [2.05, 4.69) is 15.0 Å². The van der Waals surface area contributed by atoms with Crippen LogP contribution in [0.1, 0.15) is 0 Å². The molecule has 0 saturated heterocycles. The van der Waals surface area contributed by atoms with Crippen LogP contribution in [0.2, 0.25) is 0 Å². The predicted octanol–water partition coefficient (Wildman–Crippen LogP) is 3.42. The number of primary amides is 1. The highest BCUT2D eigenvalue weighted by atomic mass is 19.1. The number of nitrogens with zero attached hydrogens (tertiary/aromatic N) is 4. The topological polar surface area (TPSA) is 95.9 Å². The van der Waals surface area contributed by atoms with Gasteiger partial charge in [-0.25, -0.2) is 14.4 Å². The number of carbonyl (C=O) groups excluding carboxylic acids is 1. The quantitative estimate of drug-likeness (QED) is 0.545. The Morgan fingerprint density at radius 2 is 1.79 bits per heavy atom. The van der Waals surface area contributed by atoms with Crippen molar-refractivity contribution < 1.29 is 13.9 Å². The molecule has 0 aliphatic rings. The van der Waals surface area contributed by atoms with Crippen molar-refractivity contribution in [2.75, 3.05) is 0 Å². The van der Waals surface area contributed by atoms with Crippen LogP contribution in [0.3, 0.4) is 0 Å². The van der Waals surface area contributed by atoms with Crippen molar-refractivity contribution in [3.8, 4) is 34.4 Å². The Morgan fingerprint density at radius 3 is 2.52 bits per heavy atom. The maximum Gasteiger partial charge on any atom is 0.322 e. The number of hydrogen-bond acceptors (Lipinski definition) is 5. The Kier molecular flexibility index (Phi) is 4.98. The number of para-hydroxylation sites is 1. The fourth-order valence-electron chi connectivity index (χ4n) is 2.87. The second kappa shape index (κ2) is 7.89.